The summed E-state index contributed by atoms with van der Waals surface area (Å²) in [5, 5.41) is 0.854. The van der Waals surface area contributed by atoms with E-state index in [4.69, 9.17) is 10.5 Å². The van der Waals surface area contributed by atoms with Gasteiger partial charge >= 0.3 is 0 Å². The van der Waals surface area contributed by atoms with E-state index in [2.05, 4.69) is 11.9 Å². The first kappa shape index (κ1) is 20.6. The third-order valence-electron chi connectivity index (χ3n) is 5.53. The van der Waals surface area contributed by atoms with Crippen molar-refractivity contribution in [3.05, 3.63) is 82.9 Å². The molecule has 5 nitrogen and oxygen atoms in total. The highest BCUT2D eigenvalue weighted by Crippen LogP contribution is 2.39. The molecule has 2 aromatic carbocycles. The van der Waals surface area contributed by atoms with Crippen LogP contribution in [0.1, 0.15) is 34.1 Å². The van der Waals surface area contributed by atoms with Crippen molar-refractivity contribution in [2.75, 3.05) is 7.11 Å². The van der Waals surface area contributed by atoms with Crippen molar-refractivity contribution in [3.63, 3.8) is 0 Å². The van der Waals surface area contributed by atoms with Crippen LogP contribution >= 0.6 is 0 Å². The molecule has 0 saturated carbocycles. The zero-order chi connectivity index (χ0) is 22.1. The minimum absolute atomic E-state index is 0.177. The number of pyridine rings is 1. The third-order valence-corrected chi connectivity index (χ3v) is 5.53. The quantitative estimate of drug-likeness (QED) is 0.487. The standard InChI is InChI=1S/C25H24FN3O2/c1-4-16-8-10-21-19(13-16)22(18-6-5-11-28-25(18)31-3)23(24(27)30)29(21)14-17-12-15(2)7-9-20(17)26/h5-13H,4,14H2,1-3H3,(H2,27,30). The number of rotatable bonds is 6. The molecule has 0 atom stereocenters. The van der Waals surface area contributed by atoms with E-state index < -0.39 is 5.91 Å². The van der Waals surface area contributed by atoms with E-state index in [-0.39, 0.29) is 12.4 Å². The first-order valence-electron chi connectivity index (χ1n) is 10.1. The van der Waals surface area contributed by atoms with Crippen molar-refractivity contribution in [1.82, 2.24) is 9.55 Å². The zero-order valence-corrected chi connectivity index (χ0v) is 17.8. The van der Waals surface area contributed by atoms with Crippen molar-refractivity contribution < 1.29 is 13.9 Å². The number of primary amides is 1. The van der Waals surface area contributed by atoms with Crippen molar-refractivity contribution in [3.8, 4) is 17.0 Å². The molecule has 0 saturated heterocycles. The highest BCUT2D eigenvalue weighted by molar-refractivity contribution is 6.10. The predicted molar refractivity (Wildman–Crippen MR) is 120 cm³/mol. The molecule has 0 bridgehead atoms. The molecule has 0 aliphatic carbocycles. The minimum Gasteiger partial charge on any atom is -0.481 e. The van der Waals surface area contributed by atoms with Gasteiger partial charge in [-0.05, 0) is 49.2 Å². The molecule has 4 aromatic rings. The summed E-state index contributed by atoms with van der Waals surface area (Å²) in [6, 6.07) is 14.6. The van der Waals surface area contributed by atoms with Crippen molar-refractivity contribution in [2.45, 2.75) is 26.8 Å². The summed E-state index contributed by atoms with van der Waals surface area (Å²) < 4.78 is 21.9. The van der Waals surface area contributed by atoms with Gasteiger partial charge in [-0.15, -0.1) is 0 Å². The first-order chi connectivity index (χ1) is 14.9. The number of fused-ring (bicyclic) bond motifs is 1. The summed E-state index contributed by atoms with van der Waals surface area (Å²) in [6.07, 6.45) is 2.47. The van der Waals surface area contributed by atoms with Crippen LogP contribution in [0.4, 0.5) is 4.39 Å². The van der Waals surface area contributed by atoms with Crippen LogP contribution in [0.15, 0.2) is 54.7 Å². The molecule has 2 aromatic heterocycles. The molecule has 0 spiro atoms. The second-order valence-corrected chi connectivity index (χ2v) is 7.53. The molecule has 2 heterocycles. The number of hydrogen-bond acceptors (Lipinski definition) is 3. The molecule has 2 N–H and O–H groups in total. The Bertz CT molecular complexity index is 1290. The molecule has 1 amide bonds. The van der Waals surface area contributed by atoms with Gasteiger partial charge in [0, 0.05) is 33.8 Å². The number of carbonyl (C=O) groups is 1. The van der Waals surface area contributed by atoms with Crippen LogP contribution in [-0.4, -0.2) is 22.6 Å². The molecular weight excluding hydrogens is 393 g/mol. The Morgan fingerprint density at radius 2 is 2.00 bits per heavy atom. The molecule has 0 fully saturated rings. The lowest BCUT2D eigenvalue weighted by atomic mass is 10.0. The van der Waals surface area contributed by atoms with E-state index in [1.54, 1.807) is 29.0 Å². The van der Waals surface area contributed by atoms with Gasteiger partial charge in [-0.2, -0.15) is 0 Å². The molecule has 0 unspecified atom stereocenters. The number of nitrogens with zero attached hydrogens (tertiary/aromatic N) is 2. The Kier molecular flexibility index (Phi) is 5.46. The van der Waals surface area contributed by atoms with Gasteiger partial charge < -0.3 is 15.0 Å². The fourth-order valence-electron chi connectivity index (χ4n) is 4.05. The van der Waals surface area contributed by atoms with Crippen LogP contribution in [0.3, 0.4) is 0 Å². The van der Waals surface area contributed by atoms with E-state index in [9.17, 15) is 9.18 Å². The van der Waals surface area contributed by atoms with Gasteiger partial charge in [-0.1, -0.05) is 30.7 Å². The molecule has 31 heavy (non-hydrogen) atoms. The highest BCUT2D eigenvalue weighted by Gasteiger charge is 2.25. The molecule has 0 aliphatic rings. The fraction of sp³-hybridized carbons (Fsp3) is 0.200. The van der Waals surface area contributed by atoms with E-state index in [0.29, 0.717) is 28.3 Å². The topological polar surface area (TPSA) is 70.1 Å². The molecule has 158 valence electrons. The smallest absolute Gasteiger partial charge is 0.266 e. The average molecular weight is 417 g/mol. The lowest BCUT2D eigenvalue weighted by molar-refractivity contribution is 0.0993. The number of aromatic nitrogens is 2. The number of carbonyl (C=O) groups excluding carboxylic acids is 1. The fourth-order valence-corrected chi connectivity index (χ4v) is 4.05. The summed E-state index contributed by atoms with van der Waals surface area (Å²) in [5.74, 6) is -0.524. The van der Waals surface area contributed by atoms with Crippen LogP contribution < -0.4 is 10.5 Å². The monoisotopic (exact) mass is 417 g/mol. The van der Waals surface area contributed by atoms with Gasteiger partial charge in [-0.25, -0.2) is 9.37 Å². The lowest BCUT2D eigenvalue weighted by Crippen LogP contribution is -2.19. The Hall–Kier alpha value is -3.67. The Labute approximate surface area is 180 Å². The van der Waals surface area contributed by atoms with Crippen LogP contribution in [0.2, 0.25) is 0 Å². The van der Waals surface area contributed by atoms with Gasteiger partial charge in [0.15, 0.2) is 0 Å². The van der Waals surface area contributed by atoms with E-state index >= 15 is 0 Å². The number of halogens is 1. The number of methoxy groups -OCH3 is 1. The van der Waals surface area contributed by atoms with E-state index in [1.165, 1.54) is 13.2 Å². The Balaban J connectivity index is 2.08. The second-order valence-electron chi connectivity index (χ2n) is 7.53. The lowest BCUT2D eigenvalue weighted by Gasteiger charge is -2.12. The second kappa shape index (κ2) is 8.22. The zero-order valence-electron chi connectivity index (χ0n) is 17.8. The maximum absolute atomic E-state index is 14.6. The van der Waals surface area contributed by atoms with Gasteiger partial charge in [0.05, 0.1) is 13.7 Å². The number of benzene rings is 2. The molecule has 0 aliphatic heterocycles. The van der Waals surface area contributed by atoms with E-state index in [1.807, 2.05) is 31.2 Å². The third kappa shape index (κ3) is 3.65. The van der Waals surface area contributed by atoms with Crippen LogP contribution in [-0.2, 0) is 13.0 Å². The normalized spacial score (nSPS) is 11.1. The van der Waals surface area contributed by atoms with Gasteiger partial charge in [0.2, 0.25) is 5.88 Å². The summed E-state index contributed by atoms with van der Waals surface area (Å²) in [6.45, 7) is 4.15. The summed E-state index contributed by atoms with van der Waals surface area (Å²) in [7, 11) is 1.54. The molecule has 4 rings (SSSR count). The summed E-state index contributed by atoms with van der Waals surface area (Å²) in [4.78, 5) is 17.0. The maximum atomic E-state index is 14.6. The molecule has 0 radical (unpaired) electrons. The van der Waals surface area contributed by atoms with Gasteiger partial charge in [-0.3, -0.25) is 4.79 Å². The van der Waals surface area contributed by atoms with E-state index in [0.717, 1.165) is 28.5 Å². The van der Waals surface area contributed by atoms with Crippen LogP contribution in [0.5, 0.6) is 5.88 Å². The highest BCUT2D eigenvalue weighted by atomic mass is 19.1. The minimum atomic E-state index is -0.594. The predicted octanol–water partition coefficient (Wildman–Crippen LogP) is 4.87. The van der Waals surface area contributed by atoms with Crippen molar-refractivity contribution in [1.29, 1.82) is 0 Å². The molecule has 6 heteroatoms. The van der Waals surface area contributed by atoms with Crippen LogP contribution in [0.25, 0.3) is 22.0 Å². The number of aryl methyl sites for hydroxylation is 2. The Morgan fingerprint density at radius 3 is 2.71 bits per heavy atom. The number of nitrogens with two attached hydrogens (primary N) is 1. The summed E-state index contributed by atoms with van der Waals surface area (Å²) in [5.41, 5.74) is 10.8. The van der Waals surface area contributed by atoms with Gasteiger partial charge in [0.25, 0.3) is 5.91 Å². The van der Waals surface area contributed by atoms with Gasteiger partial charge in [0.1, 0.15) is 11.5 Å². The van der Waals surface area contributed by atoms with Crippen LogP contribution in [0, 0.1) is 12.7 Å². The summed E-state index contributed by atoms with van der Waals surface area (Å²) >= 11 is 0. The van der Waals surface area contributed by atoms with Crippen molar-refractivity contribution >= 4 is 16.8 Å². The number of ether oxygens (including phenoxy) is 1. The first-order valence-corrected chi connectivity index (χ1v) is 10.1. The average Bonchev–Trinajstić information content (AvgIpc) is 3.09. The number of amides is 1. The maximum Gasteiger partial charge on any atom is 0.266 e. The van der Waals surface area contributed by atoms with Crippen molar-refractivity contribution in [2.24, 2.45) is 5.73 Å². The SMILES string of the molecule is CCc1ccc2c(c1)c(-c1cccnc1OC)c(C(N)=O)n2Cc1cc(C)ccc1F. The Morgan fingerprint density at radius 1 is 1.19 bits per heavy atom. The molecular formula is C25H24FN3O2. The number of hydrogen-bond donors (Lipinski definition) is 1. The largest absolute Gasteiger partial charge is 0.481 e.